The predicted molar refractivity (Wildman–Crippen MR) is 56.5 cm³/mol. The van der Waals surface area contributed by atoms with Crippen LogP contribution < -0.4 is 5.73 Å². The van der Waals surface area contributed by atoms with Crippen LogP contribution in [0.25, 0.3) is 0 Å². The number of carbonyl (C=O) groups is 1. The van der Waals surface area contributed by atoms with E-state index in [1.54, 1.807) is 24.3 Å². The Labute approximate surface area is 88.3 Å². The Morgan fingerprint density at radius 2 is 2.00 bits per heavy atom. The molecule has 0 aromatic heterocycles. The largest absolute Gasteiger partial charge is 0.389 e. The third-order valence-corrected chi connectivity index (χ3v) is 2.26. The minimum Gasteiger partial charge on any atom is -0.389 e. The molecule has 0 heterocycles. The van der Waals surface area contributed by atoms with Crippen LogP contribution in [0.1, 0.15) is 28.9 Å². The monoisotopic (exact) mass is 209 g/mol. The van der Waals surface area contributed by atoms with E-state index in [1.807, 2.05) is 0 Å². The SMILES string of the molecule is CC(=O)c1ccccc1C(O)C(O)CN. The highest BCUT2D eigenvalue weighted by Gasteiger charge is 2.20. The first-order valence-electron chi connectivity index (χ1n) is 4.74. The first-order valence-corrected chi connectivity index (χ1v) is 4.74. The number of carbonyl (C=O) groups excluding carboxylic acids is 1. The highest BCUT2D eigenvalue weighted by molar-refractivity contribution is 5.95. The molecule has 4 N–H and O–H groups in total. The molecule has 0 saturated carbocycles. The van der Waals surface area contributed by atoms with Gasteiger partial charge in [-0.3, -0.25) is 4.79 Å². The second-order valence-corrected chi connectivity index (χ2v) is 3.39. The van der Waals surface area contributed by atoms with Gasteiger partial charge in [0, 0.05) is 12.1 Å². The third kappa shape index (κ3) is 2.62. The molecule has 2 unspecified atom stereocenters. The number of benzene rings is 1. The summed E-state index contributed by atoms with van der Waals surface area (Å²) >= 11 is 0. The summed E-state index contributed by atoms with van der Waals surface area (Å²) in [5.41, 5.74) is 6.08. The molecule has 4 nitrogen and oxygen atoms in total. The van der Waals surface area contributed by atoms with Crippen molar-refractivity contribution in [3.05, 3.63) is 35.4 Å². The Morgan fingerprint density at radius 3 is 2.53 bits per heavy atom. The van der Waals surface area contributed by atoms with Gasteiger partial charge in [-0.1, -0.05) is 24.3 Å². The van der Waals surface area contributed by atoms with Crippen molar-refractivity contribution in [2.24, 2.45) is 5.73 Å². The number of hydrogen-bond donors (Lipinski definition) is 3. The third-order valence-electron chi connectivity index (χ3n) is 2.26. The standard InChI is InChI=1S/C11H15NO3/c1-7(13)8-4-2-3-5-9(8)11(15)10(14)6-12/h2-5,10-11,14-15H,6,12H2,1H3. The van der Waals surface area contributed by atoms with Gasteiger partial charge >= 0.3 is 0 Å². The minimum absolute atomic E-state index is 0.0482. The fourth-order valence-electron chi connectivity index (χ4n) is 1.41. The van der Waals surface area contributed by atoms with Gasteiger partial charge in [0.05, 0.1) is 6.10 Å². The first kappa shape index (κ1) is 11.8. The van der Waals surface area contributed by atoms with Crippen molar-refractivity contribution >= 4 is 5.78 Å². The molecule has 0 aliphatic carbocycles. The lowest BCUT2D eigenvalue weighted by atomic mass is 9.96. The summed E-state index contributed by atoms with van der Waals surface area (Å²) in [6.07, 6.45) is -2.17. The molecule has 0 radical (unpaired) electrons. The summed E-state index contributed by atoms with van der Waals surface area (Å²) < 4.78 is 0. The fraction of sp³-hybridized carbons (Fsp3) is 0.364. The van der Waals surface area contributed by atoms with Crippen LogP contribution in [0.2, 0.25) is 0 Å². The van der Waals surface area contributed by atoms with Gasteiger partial charge in [0.1, 0.15) is 6.10 Å². The van der Waals surface area contributed by atoms with Gasteiger partial charge in [-0.25, -0.2) is 0 Å². The second kappa shape index (κ2) is 5.02. The number of hydrogen-bond acceptors (Lipinski definition) is 4. The number of rotatable bonds is 4. The number of nitrogens with two attached hydrogens (primary N) is 1. The lowest BCUT2D eigenvalue weighted by Crippen LogP contribution is -2.28. The van der Waals surface area contributed by atoms with Gasteiger partial charge in [-0.05, 0) is 12.5 Å². The van der Waals surface area contributed by atoms with Crippen LogP contribution in [0, 0.1) is 0 Å². The van der Waals surface area contributed by atoms with Crippen LogP contribution in [-0.2, 0) is 0 Å². The maximum Gasteiger partial charge on any atom is 0.160 e. The van der Waals surface area contributed by atoms with E-state index in [0.29, 0.717) is 11.1 Å². The van der Waals surface area contributed by atoms with Gasteiger partial charge in [0.15, 0.2) is 5.78 Å². The van der Waals surface area contributed by atoms with Crippen molar-refractivity contribution in [3.63, 3.8) is 0 Å². The Balaban J connectivity index is 3.07. The summed E-state index contributed by atoms with van der Waals surface area (Å²) in [5, 5.41) is 19.1. The molecule has 0 bridgehead atoms. The van der Waals surface area contributed by atoms with E-state index in [2.05, 4.69) is 0 Å². The van der Waals surface area contributed by atoms with Gasteiger partial charge in [-0.15, -0.1) is 0 Å². The van der Waals surface area contributed by atoms with Crippen LogP contribution in [0.3, 0.4) is 0 Å². The van der Waals surface area contributed by atoms with Crippen LogP contribution in [0.5, 0.6) is 0 Å². The number of ketones is 1. The van der Waals surface area contributed by atoms with Crippen LogP contribution in [-0.4, -0.2) is 28.6 Å². The van der Waals surface area contributed by atoms with E-state index >= 15 is 0 Å². The molecular weight excluding hydrogens is 194 g/mol. The van der Waals surface area contributed by atoms with Crippen molar-refractivity contribution in [3.8, 4) is 0 Å². The van der Waals surface area contributed by atoms with E-state index in [-0.39, 0.29) is 12.3 Å². The Morgan fingerprint density at radius 1 is 1.40 bits per heavy atom. The molecule has 0 spiro atoms. The summed E-state index contributed by atoms with van der Waals surface area (Å²) in [6, 6.07) is 6.64. The van der Waals surface area contributed by atoms with E-state index in [4.69, 9.17) is 5.73 Å². The summed E-state index contributed by atoms with van der Waals surface area (Å²) in [6.45, 7) is 1.37. The minimum atomic E-state index is -1.12. The van der Waals surface area contributed by atoms with Crippen LogP contribution in [0.4, 0.5) is 0 Å². The maximum absolute atomic E-state index is 11.3. The predicted octanol–water partition coefficient (Wildman–Crippen LogP) is 0.242. The van der Waals surface area contributed by atoms with Crippen LogP contribution >= 0.6 is 0 Å². The normalized spacial score (nSPS) is 14.7. The van der Waals surface area contributed by atoms with E-state index in [9.17, 15) is 15.0 Å². The molecule has 0 fully saturated rings. The van der Waals surface area contributed by atoms with Crippen molar-refractivity contribution in [2.75, 3.05) is 6.54 Å². The topological polar surface area (TPSA) is 83.5 Å². The summed E-state index contributed by atoms with van der Waals surface area (Å²) in [5.74, 6) is -0.145. The van der Waals surface area contributed by atoms with Gasteiger partial charge in [0.2, 0.25) is 0 Å². The van der Waals surface area contributed by atoms with Crippen molar-refractivity contribution in [1.29, 1.82) is 0 Å². The molecule has 0 aliphatic heterocycles. The number of aliphatic hydroxyl groups is 2. The lowest BCUT2D eigenvalue weighted by molar-refractivity contribution is 0.0238. The van der Waals surface area contributed by atoms with Gasteiger partial charge in [-0.2, -0.15) is 0 Å². The summed E-state index contributed by atoms with van der Waals surface area (Å²) in [4.78, 5) is 11.3. The lowest BCUT2D eigenvalue weighted by Gasteiger charge is -2.18. The average Bonchev–Trinajstić information content (AvgIpc) is 2.27. The molecular formula is C11H15NO3. The van der Waals surface area contributed by atoms with Crippen molar-refractivity contribution < 1.29 is 15.0 Å². The first-order chi connectivity index (χ1) is 7.07. The van der Waals surface area contributed by atoms with E-state index in [0.717, 1.165) is 0 Å². The highest BCUT2D eigenvalue weighted by Crippen LogP contribution is 2.21. The zero-order valence-electron chi connectivity index (χ0n) is 8.55. The summed E-state index contributed by atoms with van der Waals surface area (Å²) in [7, 11) is 0. The number of Topliss-reactive ketones (excluding diaryl/α,β-unsaturated/α-hetero) is 1. The molecule has 2 atom stereocenters. The van der Waals surface area contributed by atoms with Crippen molar-refractivity contribution in [2.45, 2.75) is 19.1 Å². The molecule has 1 rings (SSSR count). The van der Waals surface area contributed by atoms with E-state index < -0.39 is 12.2 Å². The van der Waals surface area contributed by atoms with E-state index in [1.165, 1.54) is 6.92 Å². The molecule has 0 amide bonds. The molecule has 1 aromatic carbocycles. The number of aliphatic hydroxyl groups excluding tert-OH is 2. The molecule has 1 aromatic rings. The molecule has 15 heavy (non-hydrogen) atoms. The smallest absolute Gasteiger partial charge is 0.160 e. The Kier molecular flexibility index (Phi) is 3.96. The van der Waals surface area contributed by atoms with Gasteiger partial charge < -0.3 is 15.9 Å². The Hall–Kier alpha value is -1.23. The molecule has 0 saturated heterocycles. The second-order valence-electron chi connectivity index (χ2n) is 3.39. The Bertz CT molecular complexity index is 351. The molecule has 82 valence electrons. The van der Waals surface area contributed by atoms with Crippen LogP contribution in [0.15, 0.2) is 24.3 Å². The fourth-order valence-corrected chi connectivity index (χ4v) is 1.41. The molecule has 0 aliphatic rings. The quantitative estimate of drug-likeness (QED) is 0.620. The van der Waals surface area contributed by atoms with Crippen molar-refractivity contribution in [1.82, 2.24) is 0 Å². The molecule has 4 heteroatoms. The highest BCUT2D eigenvalue weighted by atomic mass is 16.3. The average molecular weight is 209 g/mol. The maximum atomic E-state index is 11.3. The van der Waals surface area contributed by atoms with Gasteiger partial charge in [0.25, 0.3) is 0 Å². The zero-order chi connectivity index (χ0) is 11.4. The zero-order valence-corrected chi connectivity index (χ0v) is 8.55.